The van der Waals surface area contributed by atoms with Crippen LogP contribution in [0, 0.1) is 16.0 Å². The van der Waals surface area contributed by atoms with E-state index < -0.39 is 0 Å². The standard InChI is InChI=1S/C19H18N2S/c20-13-17-15(12-11-14-7-3-1-4-8-14)16-9-5-2-6-10-18(16)21-19(17)22/h1,3-4,7-8,11-12H,2,5-6,9-10H2,(H,21,22). The molecule has 0 unspecified atom stereocenters. The van der Waals surface area contributed by atoms with Gasteiger partial charge in [0.2, 0.25) is 0 Å². The van der Waals surface area contributed by atoms with Gasteiger partial charge in [0.1, 0.15) is 10.7 Å². The van der Waals surface area contributed by atoms with Crippen molar-refractivity contribution in [1.29, 1.82) is 5.26 Å². The average molecular weight is 306 g/mol. The largest absolute Gasteiger partial charge is 0.349 e. The molecule has 1 aromatic carbocycles. The van der Waals surface area contributed by atoms with Crippen LogP contribution in [0.2, 0.25) is 0 Å². The fraction of sp³-hybridized carbons (Fsp3) is 0.263. The number of nitrogens with one attached hydrogen (secondary N) is 1. The molecule has 1 aliphatic rings. The third kappa shape index (κ3) is 3.03. The summed E-state index contributed by atoms with van der Waals surface area (Å²) in [5.41, 5.74) is 5.23. The molecule has 0 amide bonds. The Labute approximate surface area is 136 Å². The van der Waals surface area contributed by atoms with Crippen molar-refractivity contribution in [3.05, 3.63) is 62.9 Å². The van der Waals surface area contributed by atoms with Crippen molar-refractivity contribution in [1.82, 2.24) is 4.98 Å². The summed E-state index contributed by atoms with van der Waals surface area (Å²) in [6.45, 7) is 0. The van der Waals surface area contributed by atoms with Gasteiger partial charge in [-0.25, -0.2) is 0 Å². The number of benzene rings is 1. The Kier molecular flexibility index (Phi) is 4.50. The number of rotatable bonds is 2. The van der Waals surface area contributed by atoms with E-state index in [0.29, 0.717) is 10.2 Å². The summed E-state index contributed by atoms with van der Waals surface area (Å²) in [6, 6.07) is 12.4. The number of fused-ring (bicyclic) bond motifs is 1. The molecule has 1 N–H and O–H groups in total. The van der Waals surface area contributed by atoms with Crippen molar-refractivity contribution in [3.8, 4) is 6.07 Å². The van der Waals surface area contributed by atoms with E-state index in [2.05, 4.69) is 35.3 Å². The van der Waals surface area contributed by atoms with Crippen molar-refractivity contribution in [3.63, 3.8) is 0 Å². The zero-order chi connectivity index (χ0) is 15.4. The third-order valence-electron chi connectivity index (χ3n) is 4.16. The van der Waals surface area contributed by atoms with Crippen LogP contribution >= 0.6 is 12.2 Å². The van der Waals surface area contributed by atoms with Crippen LogP contribution in [0.5, 0.6) is 0 Å². The molecule has 3 heteroatoms. The van der Waals surface area contributed by atoms with Gasteiger partial charge in [-0.2, -0.15) is 5.26 Å². The van der Waals surface area contributed by atoms with Gasteiger partial charge in [0.15, 0.2) is 0 Å². The number of nitrogens with zero attached hydrogens (tertiary/aromatic N) is 1. The van der Waals surface area contributed by atoms with E-state index in [1.165, 1.54) is 30.5 Å². The van der Waals surface area contributed by atoms with Crippen LogP contribution in [0.3, 0.4) is 0 Å². The highest BCUT2D eigenvalue weighted by Gasteiger charge is 2.16. The Bertz CT molecular complexity index is 795. The first-order chi connectivity index (χ1) is 10.8. The fourth-order valence-electron chi connectivity index (χ4n) is 3.03. The number of aromatic amines is 1. The summed E-state index contributed by atoms with van der Waals surface area (Å²) in [5.74, 6) is 0. The average Bonchev–Trinajstić information content (AvgIpc) is 2.78. The van der Waals surface area contributed by atoms with Gasteiger partial charge in [0.25, 0.3) is 0 Å². The van der Waals surface area contributed by atoms with E-state index in [1.807, 2.05) is 18.2 Å². The van der Waals surface area contributed by atoms with E-state index >= 15 is 0 Å². The van der Waals surface area contributed by atoms with Crippen LogP contribution in [-0.2, 0) is 12.8 Å². The number of aromatic nitrogens is 1. The number of hydrogen-bond acceptors (Lipinski definition) is 2. The van der Waals surface area contributed by atoms with Gasteiger partial charge >= 0.3 is 0 Å². The number of hydrogen-bond donors (Lipinski definition) is 1. The van der Waals surface area contributed by atoms with E-state index in [-0.39, 0.29) is 0 Å². The highest BCUT2D eigenvalue weighted by molar-refractivity contribution is 7.71. The normalized spacial score (nSPS) is 14.3. The Balaban J connectivity index is 2.12. The maximum atomic E-state index is 9.50. The predicted molar refractivity (Wildman–Crippen MR) is 93.0 cm³/mol. The third-order valence-corrected chi connectivity index (χ3v) is 4.46. The Morgan fingerprint density at radius 2 is 1.82 bits per heavy atom. The van der Waals surface area contributed by atoms with Gasteiger partial charge in [-0.15, -0.1) is 0 Å². The van der Waals surface area contributed by atoms with Crippen LogP contribution in [-0.4, -0.2) is 4.98 Å². The van der Waals surface area contributed by atoms with E-state index in [9.17, 15) is 5.26 Å². The Hall–Kier alpha value is -2.18. The van der Waals surface area contributed by atoms with E-state index in [0.717, 1.165) is 24.0 Å². The maximum absolute atomic E-state index is 9.50. The molecule has 0 fully saturated rings. The minimum atomic E-state index is 0.566. The van der Waals surface area contributed by atoms with E-state index in [4.69, 9.17) is 12.2 Å². The highest BCUT2D eigenvalue weighted by Crippen LogP contribution is 2.27. The van der Waals surface area contributed by atoms with Gasteiger partial charge in [-0.1, -0.05) is 61.1 Å². The molecule has 0 radical (unpaired) electrons. The Morgan fingerprint density at radius 3 is 2.59 bits per heavy atom. The van der Waals surface area contributed by atoms with Crippen molar-refractivity contribution < 1.29 is 0 Å². The van der Waals surface area contributed by atoms with Crippen LogP contribution in [0.25, 0.3) is 12.2 Å². The summed E-state index contributed by atoms with van der Waals surface area (Å²) >= 11 is 5.39. The molecule has 1 aliphatic carbocycles. The first kappa shape index (κ1) is 14.7. The predicted octanol–water partition coefficient (Wildman–Crippen LogP) is 5.06. The summed E-state index contributed by atoms with van der Waals surface area (Å²) in [5, 5.41) is 9.50. The topological polar surface area (TPSA) is 39.6 Å². The lowest BCUT2D eigenvalue weighted by molar-refractivity contribution is 0.708. The molecule has 2 nitrogen and oxygen atoms in total. The second kappa shape index (κ2) is 6.72. The van der Waals surface area contributed by atoms with Crippen LogP contribution in [0.1, 0.15) is 47.2 Å². The summed E-state index contributed by atoms with van der Waals surface area (Å²) < 4.78 is 0.566. The molecule has 22 heavy (non-hydrogen) atoms. The molecule has 1 aromatic heterocycles. The smallest absolute Gasteiger partial charge is 0.122 e. The fourth-order valence-corrected chi connectivity index (χ4v) is 3.31. The van der Waals surface area contributed by atoms with Gasteiger partial charge in [0, 0.05) is 11.3 Å². The highest BCUT2D eigenvalue weighted by atomic mass is 32.1. The van der Waals surface area contributed by atoms with Crippen molar-refractivity contribution in [2.75, 3.05) is 0 Å². The van der Waals surface area contributed by atoms with Crippen LogP contribution < -0.4 is 0 Å². The SMILES string of the molecule is N#Cc1c(C=Cc2ccccc2)c2c([nH]c1=S)CCCCC2. The second-order valence-electron chi connectivity index (χ2n) is 5.62. The molecule has 2 aromatic rings. The minimum Gasteiger partial charge on any atom is -0.349 e. The molecule has 0 bridgehead atoms. The van der Waals surface area contributed by atoms with Crippen molar-refractivity contribution >= 4 is 24.4 Å². The van der Waals surface area contributed by atoms with Gasteiger partial charge in [0.05, 0.1) is 5.56 Å². The molecular weight excluding hydrogens is 288 g/mol. The van der Waals surface area contributed by atoms with Crippen LogP contribution in [0.15, 0.2) is 30.3 Å². The maximum Gasteiger partial charge on any atom is 0.122 e. The molecule has 0 atom stereocenters. The molecule has 1 heterocycles. The Morgan fingerprint density at radius 1 is 1.05 bits per heavy atom. The van der Waals surface area contributed by atoms with Crippen molar-refractivity contribution in [2.24, 2.45) is 0 Å². The van der Waals surface area contributed by atoms with Gasteiger partial charge < -0.3 is 4.98 Å². The zero-order valence-electron chi connectivity index (χ0n) is 12.4. The lowest BCUT2D eigenvalue weighted by atomic mass is 9.97. The molecule has 3 rings (SSSR count). The zero-order valence-corrected chi connectivity index (χ0v) is 13.2. The summed E-state index contributed by atoms with van der Waals surface area (Å²) in [6.07, 6.45) is 9.76. The molecule has 0 spiro atoms. The first-order valence-electron chi connectivity index (χ1n) is 7.71. The molecular formula is C19H18N2S. The number of H-pyrrole nitrogens is 1. The molecule has 110 valence electrons. The molecule has 0 saturated carbocycles. The summed E-state index contributed by atoms with van der Waals surface area (Å²) in [4.78, 5) is 3.28. The second-order valence-corrected chi connectivity index (χ2v) is 6.02. The quantitative estimate of drug-likeness (QED) is 0.622. The minimum absolute atomic E-state index is 0.566. The summed E-state index contributed by atoms with van der Waals surface area (Å²) in [7, 11) is 0. The van der Waals surface area contributed by atoms with Gasteiger partial charge in [-0.3, -0.25) is 0 Å². The van der Waals surface area contributed by atoms with Crippen molar-refractivity contribution in [2.45, 2.75) is 32.1 Å². The molecule has 0 aliphatic heterocycles. The van der Waals surface area contributed by atoms with Crippen LogP contribution in [0.4, 0.5) is 0 Å². The van der Waals surface area contributed by atoms with Gasteiger partial charge in [-0.05, 0) is 36.8 Å². The number of pyridine rings is 1. The number of aryl methyl sites for hydroxylation is 1. The monoisotopic (exact) mass is 306 g/mol. The lowest BCUT2D eigenvalue weighted by Crippen LogP contribution is -2.02. The van der Waals surface area contributed by atoms with E-state index in [1.54, 1.807) is 0 Å². The number of nitriles is 1. The molecule has 0 saturated heterocycles. The lowest BCUT2D eigenvalue weighted by Gasteiger charge is -2.12. The first-order valence-corrected chi connectivity index (χ1v) is 8.11.